The Kier molecular flexibility index (Phi) is 9.30. The van der Waals surface area contributed by atoms with Crippen LogP contribution < -0.4 is 20.1 Å². The number of aryl methyl sites for hydroxylation is 1. The van der Waals surface area contributed by atoms with Gasteiger partial charge in [0.25, 0.3) is 12.4 Å². The predicted octanol–water partition coefficient (Wildman–Crippen LogP) is 0.364. The molecule has 31 heavy (non-hydrogen) atoms. The Hall–Kier alpha value is -3.60. The lowest BCUT2D eigenvalue weighted by atomic mass is 9.98. The maximum absolute atomic E-state index is 12.7. The van der Waals surface area contributed by atoms with Crippen LogP contribution in [0.15, 0.2) is 36.9 Å². The molecule has 2 aromatic rings. The van der Waals surface area contributed by atoms with Gasteiger partial charge in [-0.2, -0.15) is 0 Å². The van der Waals surface area contributed by atoms with Gasteiger partial charge in [-0.1, -0.05) is 6.07 Å². The highest BCUT2D eigenvalue weighted by molar-refractivity contribution is 5.86. The summed E-state index contributed by atoms with van der Waals surface area (Å²) < 4.78 is 18.0. The second kappa shape index (κ2) is 12.2. The van der Waals surface area contributed by atoms with Gasteiger partial charge in [-0.05, 0) is 24.1 Å². The van der Waals surface area contributed by atoms with Crippen LogP contribution in [0.25, 0.3) is 0 Å². The minimum absolute atomic E-state index is 0.156. The van der Waals surface area contributed by atoms with E-state index in [1.807, 2.05) is 10.8 Å². The van der Waals surface area contributed by atoms with E-state index in [4.69, 9.17) is 24.1 Å². The van der Waals surface area contributed by atoms with Crippen LogP contribution in [0.3, 0.4) is 0 Å². The molecule has 0 bridgehead atoms. The Labute approximate surface area is 179 Å². The van der Waals surface area contributed by atoms with Gasteiger partial charge in [-0.25, -0.2) is 4.98 Å². The molecule has 0 aliphatic carbocycles. The van der Waals surface area contributed by atoms with Crippen molar-refractivity contribution in [3.8, 4) is 11.5 Å². The molecular weight excluding hydrogens is 408 g/mol. The van der Waals surface area contributed by atoms with E-state index in [-0.39, 0.29) is 24.9 Å². The molecule has 3 rings (SSSR count). The van der Waals surface area contributed by atoms with Gasteiger partial charge in [0.15, 0.2) is 17.6 Å². The van der Waals surface area contributed by atoms with Crippen LogP contribution in [0.4, 0.5) is 0 Å². The number of benzene rings is 1. The standard InChI is InChI=1S/C19H24N4O5.CH2O2/c1-26-14-5-4-13(10-15(14)27-2)17-18(28-11-16(24)22-17)19(25)21-6-3-8-23-9-7-20-12-23;2-1-3/h4-5,7,9-10,12,17-18H,3,6,8,11H2,1-2H3,(H,21,25)(H,22,24);1H,(H,2,3)/t17-,18+;/m1./s1. The van der Waals surface area contributed by atoms with E-state index in [9.17, 15) is 9.59 Å². The van der Waals surface area contributed by atoms with Crippen molar-refractivity contribution >= 4 is 18.3 Å². The zero-order chi connectivity index (χ0) is 22.6. The lowest BCUT2D eigenvalue weighted by Crippen LogP contribution is -2.52. The average molecular weight is 434 g/mol. The molecule has 2 amide bonds. The second-order valence-corrected chi connectivity index (χ2v) is 6.44. The zero-order valence-corrected chi connectivity index (χ0v) is 17.3. The maximum atomic E-state index is 12.7. The van der Waals surface area contributed by atoms with Crippen LogP contribution in [0, 0.1) is 0 Å². The highest BCUT2D eigenvalue weighted by atomic mass is 16.5. The van der Waals surface area contributed by atoms with Crippen LogP contribution in [0.5, 0.6) is 11.5 Å². The number of amides is 2. The molecule has 1 fully saturated rings. The largest absolute Gasteiger partial charge is 0.493 e. The number of imidazole rings is 1. The van der Waals surface area contributed by atoms with E-state index in [0.717, 1.165) is 13.0 Å². The molecule has 11 heteroatoms. The Morgan fingerprint density at radius 2 is 2.13 bits per heavy atom. The first-order chi connectivity index (χ1) is 15.0. The molecule has 0 radical (unpaired) electrons. The van der Waals surface area contributed by atoms with Crippen molar-refractivity contribution in [3.63, 3.8) is 0 Å². The Balaban J connectivity index is 0.00000107. The van der Waals surface area contributed by atoms with Crippen LogP contribution in [-0.2, 0) is 25.7 Å². The summed E-state index contributed by atoms with van der Waals surface area (Å²) in [6.07, 6.45) is 5.24. The summed E-state index contributed by atoms with van der Waals surface area (Å²) in [5.74, 6) is 0.531. The van der Waals surface area contributed by atoms with Gasteiger partial charge >= 0.3 is 0 Å². The summed E-state index contributed by atoms with van der Waals surface area (Å²) >= 11 is 0. The number of rotatable bonds is 8. The summed E-state index contributed by atoms with van der Waals surface area (Å²) in [5.41, 5.74) is 0.698. The second-order valence-electron chi connectivity index (χ2n) is 6.44. The molecule has 1 aromatic carbocycles. The normalized spacial score (nSPS) is 17.5. The molecule has 168 valence electrons. The first-order valence-corrected chi connectivity index (χ1v) is 9.48. The quantitative estimate of drug-likeness (QED) is 0.400. The molecular formula is C20H26N4O7. The summed E-state index contributed by atoms with van der Waals surface area (Å²) in [6, 6.07) is 4.63. The summed E-state index contributed by atoms with van der Waals surface area (Å²) in [4.78, 5) is 36.9. The van der Waals surface area contributed by atoms with Crippen molar-refractivity contribution in [3.05, 3.63) is 42.5 Å². The number of hydrogen-bond acceptors (Lipinski definition) is 7. The van der Waals surface area contributed by atoms with E-state index < -0.39 is 12.1 Å². The number of carbonyl (C=O) groups is 3. The number of ether oxygens (including phenoxy) is 3. The number of morpholine rings is 1. The Morgan fingerprint density at radius 1 is 1.39 bits per heavy atom. The fraction of sp³-hybridized carbons (Fsp3) is 0.400. The molecule has 1 aliphatic rings. The van der Waals surface area contributed by atoms with Crippen LogP contribution in [0.2, 0.25) is 0 Å². The lowest BCUT2D eigenvalue weighted by Gasteiger charge is -2.32. The number of hydrogen-bond donors (Lipinski definition) is 3. The van der Waals surface area contributed by atoms with E-state index in [2.05, 4.69) is 15.6 Å². The van der Waals surface area contributed by atoms with E-state index in [0.29, 0.717) is 23.6 Å². The van der Waals surface area contributed by atoms with Gasteiger partial charge < -0.3 is 34.5 Å². The predicted molar refractivity (Wildman–Crippen MR) is 109 cm³/mol. The minimum Gasteiger partial charge on any atom is -0.493 e. The van der Waals surface area contributed by atoms with Gasteiger partial charge in [0.05, 0.1) is 26.6 Å². The van der Waals surface area contributed by atoms with Gasteiger partial charge in [0, 0.05) is 25.5 Å². The van der Waals surface area contributed by atoms with Crippen molar-refractivity contribution in [1.29, 1.82) is 0 Å². The van der Waals surface area contributed by atoms with Crippen molar-refractivity contribution in [2.45, 2.75) is 25.1 Å². The van der Waals surface area contributed by atoms with Gasteiger partial charge in [-0.3, -0.25) is 14.4 Å². The third-order valence-corrected chi connectivity index (χ3v) is 4.49. The third-order valence-electron chi connectivity index (χ3n) is 4.49. The van der Waals surface area contributed by atoms with Crippen LogP contribution in [-0.4, -0.2) is 66.4 Å². The van der Waals surface area contributed by atoms with Crippen molar-refractivity contribution in [1.82, 2.24) is 20.2 Å². The first kappa shape index (κ1) is 23.7. The van der Waals surface area contributed by atoms with Gasteiger partial charge in [-0.15, -0.1) is 0 Å². The first-order valence-electron chi connectivity index (χ1n) is 9.48. The maximum Gasteiger partial charge on any atom is 0.290 e. The monoisotopic (exact) mass is 434 g/mol. The fourth-order valence-electron chi connectivity index (χ4n) is 3.08. The third kappa shape index (κ3) is 6.71. The highest BCUT2D eigenvalue weighted by Gasteiger charge is 2.36. The highest BCUT2D eigenvalue weighted by Crippen LogP contribution is 2.32. The topological polar surface area (TPSA) is 141 Å². The number of methoxy groups -OCH3 is 2. The van der Waals surface area contributed by atoms with Crippen molar-refractivity contribution < 1.29 is 33.7 Å². The molecule has 2 atom stereocenters. The van der Waals surface area contributed by atoms with E-state index in [1.54, 1.807) is 37.8 Å². The van der Waals surface area contributed by atoms with E-state index >= 15 is 0 Å². The molecule has 3 N–H and O–H groups in total. The van der Waals surface area contributed by atoms with Gasteiger partial charge in [0.2, 0.25) is 5.91 Å². The molecule has 1 aromatic heterocycles. The molecule has 1 aliphatic heterocycles. The molecule has 2 heterocycles. The molecule has 11 nitrogen and oxygen atoms in total. The molecule has 0 saturated carbocycles. The Bertz CT molecular complexity index is 857. The fourth-order valence-corrected chi connectivity index (χ4v) is 3.08. The number of nitrogens with one attached hydrogen (secondary N) is 2. The van der Waals surface area contributed by atoms with Crippen LogP contribution in [0.1, 0.15) is 18.0 Å². The summed E-state index contributed by atoms with van der Waals surface area (Å²) in [5, 5.41) is 12.6. The van der Waals surface area contributed by atoms with Crippen LogP contribution >= 0.6 is 0 Å². The molecule has 0 unspecified atom stereocenters. The molecule has 1 saturated heterocycles. The average Bonchev–Trinajstić information content (AvgIpc) is 3.30. The smallest absolute Gasteiger partial charge is 0.290 e. The minimum atomic E-state index is -0.830. The SMILES string of the molecule is COc1ccc([C@H]2NC(=O)CO[C@@H]2C(=O)NCCCn2ccnc2)cc1OC.O=CO. The summed E-state index contributed by atoms with van der Waals surface area (Å²) in [6.45, 7) is 0.835. The van der Waals surface area contributed by atoms with Gasteiger partial charge in [0.1, 0.15) is 6.61 Å². The zero-order valence-electron chi connectivity index (χ0n) is 17.3. The Morgan fingerprint density at radius 3 is 2.77 bits per heavy atom. The molecule has 0 spiro atoms. The number of carboxylic acid groups (broad SMARTS) is 1. The number of nitrogens with zero attached hydrogens (tertiary/aromatic N) is 2. The lowest BCUT2D eigenvalue weighted by molar-refractivity contribution is -0.148. The number of aromatic nitrogens is 2. The van der Waals surface area contributed by atoms with E-state index in [1.165, 1.54) is 7.11 Å². The van der Waals surface area contributed by atoms with Crippen molar-refractivity contribution in [2.24, 2.45) is 0 Å². The summed E-state index contributed by atoms with van der Waals surface area (Å²) in [7, 11) is 3.07. The van der Waals surface area contributed by atoms with Crippen molar-refractivity contribution in [2.75, 3.05) is 27.4 Å². The number of carbonyl (C=O) groups excluding carboxylic acids is 2.